The lowest BCUT2D eigenvalue weighted by Gasteiger charge is -2.26. The Balaban J connectivity index is 1.70. The molecule has 0 radical (unpaired) electrons. The molecule has 32 heavy (non-hydrogen) atoms. The van der Waals surface area contributed by atoms with Crippen LogP contribution in [0.15, 0.2) is 59.4 Å². The van der Waals surface area contributed by atoms with Crippen LogP contribution in [0.2, 0.25) is 5.02 Å². The highest BCUT2D eigenvalue weighted by Gasteiger charge is 2.35. The third-order valence-corrected chi connectivity index (χ3v) is 6.88. The van der Waals surface area contributed by atoms with Crippen molar-refractivity contribution in [3.05, 3.63) is 81.1 Å². The minimum absolute atomic E-state index is 0.0442. The zero-order valence-corrected chi connectivity index (χ0v) is 18.8. The van der Waals surface area contributed by atoms with Crippen LogP contribution in [0.25, 0.3) is 22.4 Å². The van der Waals surface area contributed by atoms with Crippen LogP contribution < -0.4 is 5.56 Å². The van der Waals surface area contributed by atoms with Gasteiger partial charge in [0, 0.05) is 37.4 Å². The van der Waals surface area contributed by atoms with Crippen LogP contribution in [0.4, 0.5) is 0 Å². The monoisotopic (exact) mass is 448 g/mol. The van der Waals surface area contributed by atoms with Gasteiger partial charge in [-0.05, 0) is 42.5 Å². The highest BCUT2D eigenvalue weighted by Crippen LogP contribution is 2.40. The largest absolute Gasteiger partial charge is 0.385 e. The van der Waals surface area contributed by atoms with Gasteiger partial charge in [-0.15, -0.1) is 0 Å². The minimum Gasteiger partial charge on any atom is -0.385 e. The number of carbonyl (C=O) groups is 1. The molecule has 0 N–H and O–H groups in total. The van der Waals surface area contributed by atoms with Crippen molar-refractivity contribution in [3.8, 4) is 22.4 Å². The van der Waals surface area contributed by atoms with Gasteiger partial charge in [-0.25, -0.2) is 0 Å². The van der Waals surface area contributed by atoms with E-state index in [1.807, 2.05) is 53.4 Å². The van der Waals surface area contributed by atoms with Crippen molar-refractivity contribution >= 4 is 17.5 Å². The molecule has 3 heterocycles. The molecule has 2 aliphatic heterocycles. The van der Waals surface area contributed by atoms with Gasteiger partial charge in [0.1, 0.15) is 0 Å². The average Bonchev–Trinajstić information content (AvgIpc) is 3.44. The maximum Gasteiger partial charge on any atom is 0.259 e. The fourth-order valence-electron chi connectivity index (χ4n) is 5.02. The number of nitrogens with zero attached hydrogens (tertiary/aromatic N) is 2. The van der Waals surface area contributed by atoms with Crippen molar-refractivity contribution in [1.29, 1.82) is 0 Å². The van der Waals surface area contributed by atoms with Gasteiger partial charge in [0.25, 0.3) is 11.5 Å². The van der Waals surface area contributed by atoms with E-state index in [1.165, 1.54) is 0 Å². The van der Waals surface area contributed by atoms with Gasteiger partial charge < -0.3 is 14.2 Å². The first-order chi connectivity index (χ1) is 15.6. The molecule has 1 saturated heterocycles. The van der Waals surface area contributed by atoms with Gasteiger partial charge in [-0.1, -0.05) is 54.1 Å². The molecule has 1 atom stereocenters. The van der Waals surface area contributed by atoms with Crippen molar-refractivity contribution in [2.75, 3.05) is 20.3 Å². The molecule has 1 fully saturated rings. The van der Waals surface area contributed by atoms with E-state index in [0.717, 1.165) is 36.0 Å². The smallest absolute Gasteiger partial charge is 0.259 e. The van der Waals surface area contributed by atoms with Crippen LogP contribution in [-0.4, -0.2) is 41.7 Å². The lowest BCUT2D eigenvalue weighted by molar-refractivity contribution is 0.0703. The van der Waals surface area contributed by atoms with Crippen molar-refractivity contribution in [2.24, 2.45) is 0 Å². The summed E-state index contributed by atoms with van der Waals surface area (Å²) in [5.74, 6) is -0.0442. The number of halogens is 1. The van der Waals surface area contributed by atoms with Gasteiger partial charge in [0.05, 0.1) is 22.8 Å². The summed E-state index contributed by atoms with van der Waals surface area (Å²) in [4.78, 5) is 29.4. The minimum atomic E-state index is -0.104. The third-order valence-electron chi connectivity index (χ3n) is 6.56. The molecule has 2 aliphatic rings. The zero-order chi connectivity index (χ0) is 22.2. The van der Waals surface area contributed by atoms with Crippen LogP contribution in [0, 0.1) is 0 Å². The summed E-state index contributed by atoms with van der Waals surface area (Å²) >= 11 is 6.58. The second-order valence-corrected chi connectivity index (χ2v) is 8.83. The second kappa shape index (κ2) is 8.57. The summed E-state index contributed by atoms with van der Waals surface area (Å²) < 4.78 is 6.98. The molecule has 6 heteroatoms. The summed E-state index contributed by atoms with van der Waals surface area (Å²) in [7, 11) is 1.68. The quantitative estimate of drug-likeness (QED) is 0.439. The molecule has 1 aromatic heterocycles. The Kier molecular flexibility index (Phi) is 5.62. The Morgan fingerprint density at radius 3 is 2.75 bits per heavy atom. The van der Waals surface area contributed by atoms with Crippen molar-refractivity contribution in [3.63, 3.8) is 0 Å². The molecule has 0 spiro atoms. The molecule has 0 unspecified atom stereocenters. The van der Waals surface area contributed by atoms with Crippen LogP contribution in [-0.2, 0) is 11.3 Å². The first-order valence-corrected chi connectivity index (χ1v) is 11.4. The summed E-state index contributed by atoms with van der Waals surface area (Å²) in [6.45, 7) is 1.74. The maximum atomic E-state index is 13.9. The van der Waals surface area contributed by atoms with E-state index in [4.69, 9.17) is 16.3 Å². The summed E-state index contributed by atoms with van der Waals surface area (Å²) in [6, 6.07) is 17.1. The molecular formula is C26H25ClN2O3. The first-order valence-electron chi connectivity index (χ1n) is 11.0. The lowest BCUT2D eigenvalue weighted by atomic mass is 9.98. The van der Waals surface area contributed by atoms with Crippen molar-refractivity contribution in [2.45, 2.75) is 31.8 Å². The predicted molar refractivity (Wildman–Crippen MR) is 126 cm³/mol. The highest BCUT2D eigenvalue weighted by molar-refractivity contribution is 6.33. The van der Waals surface area contributed by atoms with Crippen molar-refractivity contribution in [1.82, 2.24) is 9.47 Å². The van der Waals surface area contributed by atoms with Gasteiger partial charge in [-0.3, -0.25) is 9.59 Å². The Hall–Kier alpha value is -2.89. The lowest BCUT2D eigenvalue weighted by Crippen LogP contribution is -2.37. The summed E-state index contributed by atoms with van der Waals surface area (Å²) in [6.07, 6.45) is 2.74. The Labute approximate surface area is 192 Å². The number of rotatable bonds is 5. The molecule has 164 valence electrons. The molecular weight excluding hydrogens is 424 g/mol. The third kappa shape index (κ3) is 3.46. The number of hydrogen-bond donors (Lipinski definition) is 0. The van der Waals surface area contributed by atoms with Gasteiger partial charge in [-0.2, -0.15) is 0 Å². The fourth-order valence-corrected chi connectivity index (χ4v) is 5.31. The van der Waals surface area contributed by atoms with Crippen LogP contribution in [0.1, 0.15) is 35.2 Å². The number of pyridine rings is 1. The molecule has 0 aliphatic carbocycles. The van der Waals surface area contributed by atoms with Crippen molar-refractivity contribution < 1.29 is 9.53 Å². The predicted octanol–water partition coefficient (Wildman–Crippen LogP) is 4.84. The summed E-state index contributed by atoms with van der Waals surface area (Å²) in [5.41, 5.74) is 4.17. The Morgan fingerprint density at radius 2 is 1.97 bits per heavy atom. The number of benzene rings is 2. The highest BCUT2D eigenvalue weighted by atomic mass is 35.5. The maximum absolute atomic E-state index is 13.9. The molecule has 5 rings (SSSR count). The van der Waals surface area contributed by atoms with E-state index in [2.05, 4.69) is 0 Å². The number of methoxy groups -OCH3 is 1. The van der Waals surface area contributed by atoms with Crippen LogP contribution in [0.3, 0.4) is 0 Å². The number of likely N-dealkylation sites (tertiary alicyclic amines) is 1. The summed E-state index contributed by atoms with van der Waals surface area (Å²) in [5, 5.41) is 0.562. The van der Waals surface area contributed by atoms with Crippen LogP contribution in [0.5, 0.6) is 0 Å². The number of aromatic nitrogens is 1. The SMILES string of the molecule is COCC[C@H]1CCCN1C(=O)c1cc(-c2ccccc2)c(=O)n2c1-c1c(Cl)cccc1C2. The van der Waals surface area contributed by atoms with E-state index >= 15 is 0 Å². The normalized spacial score (nSPS) is 16.8. The van der Waals surface area contributed by atoms with E-state index in [1.54, 1.807) is 17.7 Å². The number of hydrogen-bond acceptors (Lipinski definition) is 3. The molecule has 5 nitrogen and oxygen atoms in total. The number of ether oxygens (including phenoxy) is 1. The molecule has 0 bridgehead atoms. The molecule has 3 aromatic rings. The fraction of sp³-hybridized carbons (Fsp3) is 0.308. The van der Waals surface area contributed by atoms with E-state index in [-0.39, 0.29) is 17.5 Å². The van der Waals surface area contributed by atoms with Gasteiger partial charge >= 0.3 is 0 Å². The second-order valence-electron chi connectivity index (χ2n) is 8.43. The number of carbonyl (C=O) groups excluding carboxylic acids is 1. The Bertz CT molecular complexity index is 1240. The van der Waals surface area contributed by atoms with Gasteiger partial charge in [0.2, 0.25) is 0 Å². The standard InChI is InChI=1S/C26H25ClN2O3/c1-32-14-12-19-10-6-13-28(19)26(31)21-15-20(17-7-3-2-4-8-17)25(30)29-16-18-9-5-11-22(27)23(18)24(21)29/h2-5,7-9,11,15,19H,6,10,12-14,16H2,1H3/t19-/m1/s1. The Morgan fingerprint density at radius 1 is 1.16 bits per heavy atom. The number of amides is 1. The topological polar surface area (TPSA) is 51.5 Å². The van der Waals surface area contributed by atoms with E-state index in [9.17, 15) is 9.59 Å². The van der Waals surface area contributed by atoms with E-state index in [0.29, 0.717) is 41.5 Å². The first kappa shape index (κ1) is 21.0. The zero-order valence-electron chi connectivity index (χ0n) is 18.0. The van der Waals surface area contributed by atoms with Gasteiger partial charge in [0.15, 0.2) is 0 Å². The molecule has 2 aromatic carbocycles. The number of fused-ring (bicyclic) bond motifs is 3. The molecule has 1 amide bonds. The molecule has 0 saturated carbocycles. The van der Waals surface area contributed by atoms with E-state index < -0.39 is 0 Å². The average molecular weight is 449 g/mol. The van der Waals surface area contributed by atoms with Crippen LogP contribution >= 0.6 is 11.6 Å².